The van der Waals surface area contributed by atoms with Gasteiger partial charge in [0.1, 0.15) is 0 Å². The minimum absolute atomic E-state index is 0.0863. The van der Waals surface area contributed by atoms with Crippen LogP contribution in [0, 0.1) is 0 Å². The molecule has 7 heteroatoms. The fraction of sp³-hybridized carbons (Fsp3) is 0.0588. The molecule has 122 valence electrons. The molecule has 1 saturated heterocycles. The lowest BCUT2D eigenvalue weighted by molar-refractivity contribution is -0.122. The summed E-state index contributed by atoms with van der Waals surface area (Å²) in [7, 11) is 0. The van der Waals surface area contributed by atoms with E-state index in [0.717, 1.165) is 27.9 Å². The summed E-state index contributed by atoms with van der Waals surface area (Å²) in [5, 5.41) is 3.91. The van der Waals surface area contributed by atoms with Crippen molar-refractivity contribution in [2.24, 2.45) is 0 Å². The first-order valence-electron chi connectivity index (χ1n) is 7.03. The van der Waals surface area contributed by atoms with Gasteiger partial charge in [-0.05, 0) is 53.7 Å². The second kappa shape index (κ2) is 7.30. The Kier molecular flexibility index (Phi) is 5.14. The average Bonchev–Trinajstić information content (AvgIpc) is 2.82. The summed E-state index contributed by atoms with van der Waals surface area (Å²) < 4.78 is 0. The molecule has 2 aromatic rings. The van der Waals surface area contributed by atoms with Crippen molar-refractivity contribution in [1.82, 2.24) is 4.90 Å². The van der Waals surface area contributed by atoms with Crippen molar-refractivity contribution < 1.29 is 9.59 Å². The summed E-state index contributed by atoms with van der Waals surface area (Å²) in [5.41, 5.74) is 1.55. The molecule has 0 unspecified atom stereocenters. The number of amides is 2. The molecule has 1 N–H and O–H groups in total. The molecule has 4 nitrogen and oxygen atoms in total. The molecule has 0 aliphatic carbocycles. The highest BCUT2D eigenvalue weighted by Crippen LogP contribution is 2.32. The molecule has 0 saturated carbocycles. The van der Waals surface area contributed by atoms with E-state index in [9.17, 15) is 9.59 Å². The third kappa shape index (κ3) is 3.93. The Hall–Kier alpha value is -1.95. The molecule has 3 rings (SSSR count). The highest BCUT2D eigenvalue weighted by atomic mass is 35.5. The predicted octanol–water partition coefficient (Wildman–Crippen LogP) is 5.10. The summed E-state index contributed by atoms with van der Waals surface area (Å²) in [6.07, 6.45) is 1.68. The quantitative estimate of drug-likeness (QED) is 0.751. The summed E-state index contributed by atoms with van der Waals surface area (Å²) in [6, 6.07) is 14.1. The molecule has 0 radical (unpaired) electrons. The number of halogens is 2. The molecular formula is C17H12Cl2N2O2S. The fourth-order valence-corrected chi connectivity index (χ4v) is 3.27. The Morgan fingerprint density at radius 3 is 2.50 bits per heavy atom. The first kappa shape index (κ1) is 16.9. The second-order valence-electron chi connectivity index (χ2n) is 5.01. The van der Waals surface area contributed by atoms with Gasteiger partial charge in [0.25, 0.3) is 11.1 Å². The van der Waals surface area contributed by atoms with Gasteiger partial charge in [-0.1, -0.05) is 41.4 Å². The van der Waals surface area contributed by atoms with Crippen LogP contribution in [0.4, 0.5) is 10.5 Å². The van der Waals surface area contributed by atoms with Crippen LogP contribution in [0.1, 0.15) is 5.56 Å². The average molecular weight is 379 g/mol. The second-order valence-corrected chi connectivity index (χ2v) is 6.87. The zero-order valence-electron chi connectivity index (χ0n) is 12.3. The van der Waals surface area contributed by atoms with Crippen molar-refractivity contribution in [3.8, 4) is 0 Å². The SMILES string of the molecule is O=C1S/C(=C/c2ccc(Cl)cc2)C(=O)N1CNc1cccc(Cl)c1. The van der Waals surface area contributed by atoms with Gasteiger partial charge < -0.3 is 5.32 Å². The van der Waals surface area contributed by atoms with E-state index < -0.39 is 0 Å². The maximum Gasteiger partial charge on any atom is 0.295 e. The van der Waals surface area contributed by atoms with Gasteiger partial charge >= 0.3 is 0 Å². The first-order valence-corrected chi connectivity index (χ1v) is 8.60. The number of carbonyl (C=O) groups is 2. The van der Waals surface area contributed by atoms with Gasteiger partial charge in [-0.3, -0.25) is 14.5 Å². The van der Waals surface area contributed by atoms with Gasteiger partial charge in [0.2, 0.25) is 0 Å². The number of carbonyl (C=O) groups excluding carboxylic acids is 2. The van der Waals surface area contributed by atoms with Crippen LogP contribution in [0.5, 0.6) is 0 Å². The predicted molar refractivity (Wildman–Crippen MR) is 99.2 cm³/mol. The molecule has 1 fully saturated rings. The highest BCUT2D eigenvalue weighted by molar-refractivity contribution is 8.18. The van der Waals surface area contributed by atoms with E-state index in [-0.39, 0.29) is 17.8 Å². The van der Waals surface area contributed by atoms with Crippen molar-refractivity contribution in [2.45, 2.75) is 0 Å². The largest absolute Gasteiger partial charge is 0.367 e. The van der Waals surface area contributed by atoms with E-state index >= 15 is 0 Å². The van der Waals surface area contributed by atoms with Gasteiger partial charge in [-0.15, -0.1) is 0 Å². The molecule has 2 aromatic carbocycles. The van der Waals surface area contributed by atoms with Crippen LogP contribution in [0.2, 0.25) is 10.0 Å². The number of rotatable bonds is 4. The van der Waals surface area contributed by atoms with Crippen molar-refractivity contribution in [3.05, 3.63) is 69.0 Å². The van der Waals surface area contributed by atoms with E-state index in [1.54, 1.807) is 48.5 Å². The first-order chi connectivity index (χ1) is 11.5. The molecule has 24 heavy (non-hydrogen) atoms. The zero-order chi connectivity index (χ0) is 17.1. The van der Waals surface area contributed by atoms with Crippen LogP contribution in [0.3, 0.4) is 0 Å². The fourth-order valence-electron chi connectivity index (χ4n) is 2.12. The van der Waals surface area contributed by atoms with Crippen molar-refractivity contribution >= 4 is 57.9 Å². The Morgan fingerprint density at radius 1 is 1.04 bits per heavy atom. The highest BCUT2D eigenvalue weighted by Gasteiger charge is 2.34. The van der Waals surface area contributed by atoms with Gasteiger partial charge in [0, 0.05) is 15.7 Å². The number of imide groups is 1. The zero-order valence-corrected chi connectivity index (χ0v) is 14.7. The molecule has 0 aromatic heterocycles. The van der Waals surface area contributed by atoms with E-state index in [1.807, 2.05) is 6.07 Å². The standard InChI is InChI=1S/C17H12Cl2N2O2S/c18-12-6-4-11(5-7-12)8-15-16(22)21(17(23)24-15)10-20-14-3-1-2-13(19)9-14/h1-9,20H,10H2/b15-8+. The van der Waals surface area contributed by atoms with E-state index in [2.05, 4.69) is 5.32 Å². The maximum absolute atomic E-state index is 12.4. The molecule has 0 atom stereocenters. The number of nitrogens with zero attached hydrogens (tertiary/aromatic N) is 1. The van der Waals surface area contributed by atoms with E-state index in [1.165, 1.54) is 0 Å². The van der Waals surface area contributed by atoms with Gasteiger partial charge in [0.15, 0.2) is 0 Å². The third-order valence-electron chi connectivity index (χ3n) is 3.31. The Balaban J connectivity index is 1.71. The minimum Gasteiger partial charge on any atom is -0.367 e. The van der Waals surface area contributed by atoms with Crippen LogP contribution in [0.15, 0.2) is 53.4 Å². The topological polar surface area (TPSA) is 49.4 Å². The minimum atomic E-state index is -0.325. The van der Waals surface area contributed by atoms with Crippen LogP contribution in [0.25, 0.3) is 6.08 Å². The lowest BCUT2D eigenvalue weighted by Crippen LogP contribution is -2.33. The van der Waals surface area contributed by atoms with E-state index in [4.69, 9.17) is 23.2 Å². The summed E-state index contributed by atoms with van der Waals surface area (Å²) >= 11 is 12.7. The Morgan fingerprint density at radius 2 is 1.79 bits per heavy atom. The Bertz CT molecular complexity index is 822. The maximum atomic E-state index is 12.4. The van der Waals surface area contributed by atoms with Crippen LogP contribution in [-0.4, -0.2) is 22.7 Å². The van der Waals surface area contributed by atoms with Crippen molar-refractivity contribution in [2.75, 3.05) is 12.0 Å². The molecule has 0 bridgehead atoms. The van der Waals surface area contributed by atoms with Crippen LogP contribution < -0.4 is 5.32 Å². The summed E-state index contributed by atoms with van der Waals surface area (Å²) in [6.45, 7) is 0.0863. The lowest BCUT2D eigenvalue weighted by atomic mass is 10.2. The monoisotopic (exact) mass is 378 g/mol. The summed E-state index contributed by atoms with van der Waals surface area (Å²) in [5.74, 6) is -0.325. The molecule has 0 spiro atoms. The van der Waals surface area contributed by atoms with Gasteiger partial charge in [0.05, 0.1) is 11.6 Å². The molecule has 1 aliphatic rings. The van der Waals surface area contributed by atoms with Gasteiger partial charge in [-0.2, -0.15) is 0 Å². The molecule has 1 heterocycles. The number of thioether (sulfide) groups is 1. The van der Waals surface area contributed by atoms with Crippen molar-refractivity contribution in [1.29, 1.82) is 0 Å². The number of hydrogen-bond acceptors (Lipinski definition) is 4. The smallest absolute Gasteiger partial charge is 0.295 e. The normalized spacial score (nSPS) is 16.1. The number of benzene rings is 2. The van der Waals surface area contributed by atoms with Gasteiger partial charge in [-0.25, -0.2) is 0 Å². The number of hydrogen-bond donors (Lipinski definition) is 1. The molecule has 2 amide bonds. The van der Waals surface area contributed by atoms with Crippen molar-refractivity contribution in [3.63, 3.8) is 0 Å². The number of nitrogens with one attached hydrogen (secondary N) is 1. The molecule has 1 aliphatic heterocycles. The van der Waals surface area contributed by atoms with Crippen LogP contribution in [-0.2, 0) is 4.79 Å². The Labute approximate surface area is 153 Å². The third-order valence-corrected chi connectivity index (χ3v) is 4.70. The number of anilines is 1. The van der Waals surface area contributed by atoms with Crippen LogP contribution >= 0.6 is 35.0 Å². The lowest BCUT2D eigenvalue weighted by Gasteiger charge is -2.14. The summed E-state index contributed by atoms with van der Waals surface area (Å²) in [4.78, 5) is 26.0. The molecular weight excluding hydrogens is 367 g/mol. The van der Waals surface area contributed by atoms with E-state index in [0.29, 0.717) is 15.0 Å².